The van der Waals surface area contributed by atoms with Crippen LogP contribution in [0.15, 0.2) is 0 Å². The van der Waals surface area contributed by atoms with Crippen LogP contribution in [0.5, 0.6) is 0 Å². The smallest absolute Gasteiger partial charge is 0.0704 e. The zero-order valence-corrected chi connectivity index (χ0v) is 11.5. The first kappa shape index (κ1) is 14.9. The summed E-state index contributed by atoms with van der Waals surface area (Å²) in [5.41, 5.74) is 0. The first-order valence-corrected chi connectivity index (χ1v) is 7.29. The summed E-state index contributed by atoms with van der Waals surface area (Å²) in [7, 11) is 0. The Labute approximate surface area is 106 Å². The van der Waals surface area contributed by atoms with Gasteiger partial charge in [0.15, 0.2) is 0 Å². The van der Waals surface area contributed by atoms with Crippen molar-refractivity contribution in [1.29, 1.82) is 0 Å². The van der Waals surface area contributed by atoms with Crippen molar-refractivity contribution in [2.45, 2.75) is 64.5 Å². The number of ether oxygens (including phenoxy) is 2. The zero-order chi connectivity index (χ0) is 12.3. The Morgan fingerprint density at radius 3 is 2.76 bits per heavy atom. The summed E-state index contributed by atoms with van der Waals surface area (Å²) in [5, 5.41) is 3.52. The van der Waals surface area contributed by atoms with Crippen LogP contribution in [0.1, 0.15) is 52.4 Å². The number of hydrogen-bond donors (Lipinski definition) is 1. The van der Waals surface area contributed by atoms with Gasteiger partial charge >= 0.3 is 0 Å². The quantitative estimate of drug-likeness (QED) is 0.632. The van der Waals surface area contributed by atoms with E-state index in [-0.39, 0.29) is 0 Å². The van der Waals surface area contributed by atoms with Crippen molar-refractivity contribution >= 4 is 0 Å². The topological polar surface area (TPSA) is 30.5 Å². The van der Waals surface area contributed by atoms with Crippen LogP contribution in [-0.4, -0.2) is 38.5 Å². The summed E-state index contributed by atoms with van der Waals surface area (Å²) in [6, 6.07) is 0.666. The summed E-state index contributed by atoms with van der Waals surface area (Å²) in [4.78, 5) is 0. The summed E-state index contributed by atoms with van der Waals surface area (Å²) in [6.07, 6.45) is 7.79. The highest BCUT2D eigenvalue weighted by molar-refractivity contribution is 4.77. The van der Waals surface area contributed by atoms with E-state index in [0.717, 1.165) is 32.8 Å². The predicted molar refractivity (Wildman–Crippen MR) is 71.4 cm³/mol. The molecule has 3 heteroatoms. The molecule has 0 aliphatic heterocycles. The van der Waals surface area contributed by atoms with Crippen LogP contribution in [0.25, 0.3) is 0 Å². The molecule has 0 aromatic rings. The van der Waals surface area contributed by atoms with E-state index < -0.39 is 0 Å². The van der Waals surface area contributed by atoms with Crippen LogP contribution < -0.4 is 5.32 Å². The Hall–Kier alpha value is -0.120. The van der Waals surface area contributed by atoms with Crippen molar-refractivity contribution in [3.63, 3.8) is 0 Å². The number of rotatable bonds is 9. The highest BCUT2D eigenvalue weighted by atomic mass is 16.5. The largest absolute Gasteiger partial charge is 0.379 e. The maximum Gasteiger partial charge on any atom is 0.0704 e. The molecule has 0 bridgehead atoms. The number of nitrogens with one attached hydrogen (secondary N) is 1. The van der Waals surface area contributed by atoms with Gasteiger partial charge in [-0.2, -0.15) is 0 Å². The molecule has 17 heavy (non-hydrogen) atoms. The standard InChI is InChI=1S/C14H29NO2/c1-3-5-9-16-10-11-17-14-8-6-7-13(12-14)15-4-2/h13-15H,3-12H2,1-2H3. The fraction of sp³-hybridized carbons (Fsp3) is 1.00. The number of unbranched alkanes of at least 4 members (excludes halogenated alkanes) is 1. The Bertz CT molecular complexity index is 174. The van der Waals surface area contributed by atoms with Crippen molar-refractivity contribution in [1.82, 2.24) is 5.32 Å². The van der Waals surface area contributed by atoms with E-state index in [0.29, 0.717) is 12.1 Å². The molecule has 1 aliphatic rings. The molecule has 0 aromatic carbocycles. The SMILES string of the molecule is CCCCOCCOC1CCCC(NCC)C1. The molecule has 1 N–H and O–H groups in total. The van der Waals surface area contributed by atoms with Gasteiger partial charge in [-0.25, -0.2) is 0 Å². The molecule has 102 valence electrons. The molecule has 1 fully saturated rings. The van der Waals surface area contributed by atoms with E-state index in [9.17, 15) is 0 Å². The number of hydrogen-bond acceptors (Lipinski definition) is 3. The molecule has 0 heterocycles. The van der Waals surface area contributed by atoms with E-state index in [1.807, 2.05) is 0 Å². The highest BCUT2D eigenvalue weighted by Gasteiger charge is 2.21. The molecule has 0 radical (unpaired) electrons. The lowest BCUT2D eigenvalue weighted by molar-refractivity contribution is -0.0156. The summed E-state index contributed by atoms with van der Waals surface area (Å²) >= 11 is 0. The normalized spacial score (nSPS) is 25.1. The van der Waals surface area contributed by atoms with Gasteiger partial charge in [0.1, 0.15) is 0 Å². The van der Waals surface area contributed by atoms with Crippen molar-refractivity contribution in [3.8, 4) is 0 Å². The molecule has 1 aliphatic carbocycles. The third kappa shape index (κ3) is 7.02. The van der Waals surface area contributed by atoms with Gasteiger partial charge in [-0.05, 0) is 38.6 Å². The third-order valence-corrected chi connectivity index (χ3v) is 3.34. The molecule has 2 unspecified atom stereocenters. The third-order valence-electron chi connectivity index (χ3n) is 3.34. The van der Waals surface area contributed by atoms with Gasteiger partial charge in [0.25, 0.3) is 0 Å². The molecular formula is C14H29NO2. The second-order valence-electron chi connectivity index (χ2n) is 4.88. The van der Waals surface area contributed by atoms with Gasteiger partial charge in [0, 0.05) is 12.6 Å². The minimum absolute atomic E-state index is 0.447. The van der Waals surface area contributed by atoms with E-state index in [1.165, 1.54) is 32.1 Å². The van der Waals surface area contributed by atoms with Gasteiger partial charge in [0.2, 0.25) is 0 Å². The second kappa shape index (κ2) is 9.86. The van der Waals surface area contributed by atoms with Gasteiger partial charge in [-0.1, -0.05) is 20.3 Å². The van der Waals surface area contributed by atoms with Crippen LogP contribution in [0.4, 0.5) is 0 Å². The molecule has 1 rings (SSSR count). The minimum Gasteiger partial charge on any atom is -0.379 e. The van der Waals surface area contributed by atoms with Gasteiger partial charge in [-0.3, -0.25) is 0 Å². The molecular weight excluding hydrogens is 214 g/mol. The fourth-order valence-electron chi connectivity index (χ4n) is 2.39. The average molecular weight is 243 g/mol. The van der Waals surface area contributed by atoms with Gasteiger partial charge < -0.3 is 14.8 Å². The molecule has 0 spiro atoms. The summed E-state index contributed by atoms with van der Waals surface area (Å²) in [6.45, 7) is 7.81. The Kier molecular flexibility index (Phi) is 8.67. The van der Waals surface area contributed by atoms with Crippen molar-refractivity contribution in [2.75, 3.05) is 26.4 Å². The first-order valence-electron chi connectivity index (χ1n) is 7.29. The maximum atomic E-state index is 5.87. The zero-order valence-electron chi connectivity index (χ0n) is 11.5. The second-order valence-corrected chi connectivity index (χ2v) is 4.88. The van der Waals surface area contributed by atoms with Crippen molar-refractivity contribution in [2.24, 2.45) is 0 Å². The van der Waals surface area contributed by atoms with E-state index in [1.54, 1.807) is 0 Å². The van der Waals surface area contributed by atoms with E-state index in [2.05, 4.69) is 19.2 Å². The lowest BCUT2D eigenvalue weighted by Crippen LogP contribution is -2.37. The van der Waals surface area contributed by atoms with Gasteiger partial charge in [0.05, 0.1) is 19.3 Å². The minimum atomic E-state index is 0.447. The molecule has 2 atom stereocenters. The lowest BCUT2D eigenvalue weighted by atomic mass is 9.93. The molecule has 0 amide bonds. The highest BCUT2D eigenvalue weighted by Crippen LogP contribution is 2.20. The van der Waals surface area contributed by atoms with Crippen LogP contribution >= 0.6 is 0 Å². The molecule has 1 saturated carbocycles. The fourth-order valence-corrected chi connectivity index (χ4v) is 2.39. The first-order chi connectivity index (χ1) is 8.36. The van der Waals surface area contributed by atoms with Crippen LogP contribution in [0.2, 0.25) is 0 Å². The van der Waals surface area contributed by atoms with E-state index in [4.69, 9.17) is 9.47 Å². The lowest BCUT2D eigenvalue weighted by Gasteiger charge is -2.29. The average Bonchev–Trinajstić information content (AvgIpc) is 2.35. The van der Waals surface area contributed by atoms with Crippen molar-refractivity contribution in [3.05, 3.63) is 0 Å². The molecule has 0 aromatic heterocycles. The van der Waals surface area contributed by atoms with Crippen LogP contribution in [0.3, 0.4) is 0 Å². The Morgan fingerprint density at radius 1 is 1.12 bits per heavy atom. The van der Waals surface area contributed by atoms with Gasteiger partial charge in [-0.15, -0.1) is 0 Å². The van der Waals surface area contributed by atoms with Crippen LogP contribution in [-0.2, 0) is 9.47 Å². The summed E-state index contributed by atoms with van der Waals surface area (Å²) in [5.74, 6) is 0. The maximum absolute atomic E-state index is 5.87. The monoisotopic (exact) mass is 243 g/mol. The summed E-state index contributed by atoms with van der Waals surface area (Å²) < 4.78 is 11.4. The molecule has 3 nitrogen and oxygen atoms in total. The Morgan fingerprint density at radius 2 is 2.00 bits per heavy atom. The van der Waals surface area contributed by atoms with Crippen LogP contribution in [0, 0.1) is 0 Å². The van der Waals surface area contributed by atoms with E-state index >= 15 is 0 Å². The Balaban J connectivity index is 1.98. The molecule has 0 saturated heterocycles. The van der Waals surface area contributed by atoms with Crippen molar-refractivity contribution < 1.29 is 9.47 Å². The predicted octanol–water partition coefficient (Wildman–Crippen LogP) is 2.74.